The van der Waals surface area contributed by atoms with Gasteiger partial charge in [-0.1, -0.05) is 133 Å². The van der Waals surface area contributed by atoms with Crippen molar-refractivity contribution >= 4 is 66.4 Å². The second-order valence-corrected chi connectivity index (χ2v) is 12.7. The lowest BCUT2D eigenvalue weighted by Gasteiger charge is -2.30. The van der Waals surface area contributed by atoms with Crippen molar-refractivity contribution in [1.29, 1.82) is 0 Å². The first-order chi connectivity index (χ1) is 13.6. The Labute approximate surface area is 193 Å². The quantitative estimate of drug-likeness (QED) is 0.158. The number of benzene rings is 3. The van der Waals surface area contributed by atoms with E-state index in [0.29, 0.717) is 5.02 Å². The molecule has 1 atom stereocenters. The fraction of sp³-hybridized carbons (Fsp3) is 0.182. The Bertz CT molecular complexity index is 856. The summed E-state index contributed by atoms with van der Waals surface area (Å²) in [6.07, 6.45) is 0. The van der Waals surface area contributed by atoms with Gasteiger partial charge in [0.2, 0.25) is 0 Å². The summed E-state index contributed by atoms with van der Waals surface area (Å²) in [5, 5.41) is 3.34. The van der Waals surface area contributed by atoms with Crippen molar-refractivity contribution in [3.8, 4) is 0 Å². The van der Waals surface area contributed by atoms with E-state index in [4.69, 9.17) is 23.2 Å². The van der Waals surface area contributed by atoms with Crippen molar-refractivity contribution < 1.29 is 0 Å². The van der Waals surface area contributed by atoms with Crippen LogP contribution >= 0.6 is 66.4 Å². The van der Waals surface area contributed by atoms with Crippen molar-refractivity contribution in [2.45, 2.75) is 11.8 Å². The first-order valence-electron chi connectivity index (χ1n) is 8.68. The number of halogens is 2. The zero-order valence-corrected chi connectivity index (χ0v) is 20.1. The normalized spacial score (nSPS) is 15.8. The molecule has 28 heavy (non-hydrogen) atoms. The molecule has 0 bridgehead atoms. The van der Waals surface area contributed by atoms with E-state index >= 15 is 0 Å². The van der Waals surface area contributed by atoms with Crippen LogP contribution in [0.5, 0.6) is 0 Å². The van der Waals surface area contributed by atoms with Crippen molar-refractivity contribution in [2.24, 2.45) is 0 Å². The van der Waals surface area contributed by atoms with Crippen LogP contribution in [0.1, 0.15) is 22.3 Å². The molecule has 0 aliphatic carbocycles. The molecule has 0 saturated carbocycles. The number of rotatable bonds is 3. The van der Waals surface area contributed by atoms with E-state index in [1.165, 1.54) is 15.7 Å². The van der Waals surface area contributed by atoms with E-state index in [-0.39, 0.29) is 0 Å². The SMILES string of the molecule is C1SS1.C1SS1.Cc1ccc(C(Cl)(c2ccccc2)c2ccccc2Cl)cc1. The summed E-state index contributed by atoms with van der Waals surface area (Å²) in [5.41, 5.74) is 4.12. The summed E-state index contributed by atoms with van der Waals surface area (Å²) in [5.74, 6) is 0. The predicted molar refractivity (Wildman–Crippen MR) is 135 cm³/mol. The van der Waals surface area contributed by atoms with Crippen LogP contribution in [-0.4, -0.2) is 10.2 Å². The highest BCUT2D eigenvalue weighted by Crippen LogP contribution is 2.45. The molecule has 0 nitrogen and oxygen atoms in total. The van der Waals surface area contributed by atoms with Gasteiger partial charge < -0.3 is 0 Å². The Morgan fingerprint density at radius 3 is 1.64 bits per heavy atom. The molecule has 6 heteroatoms. The molecule has 0 amide bonds. The molecule has 2 aliphatic heterocycles. The molecule has 1 unspecified atom stereocenters. The summed E-state index contributed by atoms with van der Waals surface area (Å²) < 4.78 is 0. The molecule has 2 saturated heterocycles. The van der Waals surface area contributed by atoms with Crippen LogP contribution in [0.25, 0.3) is 0 Å². The van der Waals surface area contributed by atoms with Crippen LogP contribution in [-0.2, 0) is 4.87 Å². The summed E-state index contributed by atoms with van der Waals surface area (Å²) in [4.78, 5) is -0.798. The molecule has 5 rings (SSSR count). The molecular weight excluding hydrogens is 463 g/mol. The average molecular weight is 484 g/mol. The van der Waals surface area contributed by atoms with Gasteiger partial charge in [0.1, 0.15) is 4.87 Å². The topological polar surface area (TPSA) is 0 Å². The lowest BCUT2D eigenvalue weighted by atomic mass is 9.84. The maximum atomic E-state index is 7.19. The minimum atomic E-state index is -0.798. The highest BCUT2D eigenvalue weighted by Gasteiger charge is 2.35. The smallest absolute Gasteiger partial charge is 0.103 e. The highest BCUT2D eigenvalue weighted by atomic mass is 35.5. The van der Waals surface area contributed by atoms with Crippen molar-refractivity contribution in [1.82, 2.24) is 0 Å². The molecule has 0 aromatic heterocycles. The molecule has 2 fully saturated rings. The third kappa shape index (κ3) is 6.58. The lowest BCUT2D eigenvalue weighted by Crippen LogP contribution is -2.22. The Kier molecular flexibility index (Phi) is 8.89. The third-order valence-electron chi connectivity index (χ3n) is 4.10. The van der Waals surface area contributed by atoms with Gasteiger partial charge >= 0.3 is 0 Å². The molecule has 2 heterocycles. The van der Waals surface area contributed by atoms with Gasteiger partial charge in [-0.2, -0.15) is 0 Å². The second-order valence-electron chi connectivity index (χ2n) is 6.08. The van der Waals surface area contributed by atoms with Gasteiger partial charge in [-0.05, 0) is 24.1 Å². The van der Waals surface area contributed by atoms with E-state index in [2.05, 4.69) is 31.2 Å². The Hall–Kier alpha value is -0.360. The van der Waals surface area contributed by atoms with Gasteiger partial charge in [0.25, 0.3) is 0 Å². The van der Waals surface area contributed by atoms with Crippen LogP contribution in [0.2, 0.25) is 5.02 Å². The average Bonchev–Trinajstić information content (AvgIpc) is 3.62. The first-order valence-corrected chi connectivity index (χ1v) is 14.4. The maximum Gasteiger partial charge on any atom is 0.121 e. The molecule has 2 aliphatic rings. The van der Waals surface area contributed by atoms with Crippen LogP contribution in [0.15, 0.2) is 78.9 Å². The molecular formula is C22H20Cl2S4. The first kappa shape index (κ1) is 22.3. The summed E-state index contributed by atoms with van der Waals surface area (Å²) in [6.45, 7) is 2.07. The summed E-state index contributed by atoms with van der Waals surface area (Å²) >= 11 is 13.6. The summed E-state index contributed by atoms with van der Waals surface area (Å²) in [6, 6.07) is 26.1. The van der Waals surface area contributed by atoms with Crippen molar-refractivity contribution in [3.63, 3.8) is 0 Å². The standard InChI is InChI=1S/C20H16Cl2.2CH2S2/c1-15-11-13-17(14-12-15)20(22,16-7-3-2-4-8-16)18-9-5-6-10-19(18)21;2*1-2-3-1/h2-14H,1H3;2*1H2. The number of aryl methyl sites for hydroxylation is 1. The highest BCUT2D eigenvalue weighted by molar-refractivity contribution is 8.92. The van der Waals surface area contributed by atoms with E-state index in [1.54, 1.807) is 0 Å². The lowest BCUT2D eigenvalue weighted by molar-refractivity contribution is 0.879. The Morgan fingerprint density at radius 1 is 0.679 bits per heavy atom. The van der Waals surface area contributed by atoms with E-state index in [1.807, 2.05) is 97.8 Å². The van der Waals surface area contributed by atoms with Crippen LogP contribution < -0.4 is 0 Å². The Balaban J connectivity index is 0.000000318. The molecule has 0 radical (unpaired) electrons. The number of hydrogen-bond donors (Lipinski definition) is 0. The maximum absolute atomic E-state index is 7.19. The van der Waals surface area contributed by atoms with Gasteiger partial charge in [-0.3, -0.25) is 0 Å². The van der Waals surface area contributed by atoms with E-state index < -0.39 is 4.87 Å². The van der Waals surface area contributed by atoms with Crippen molar-refractivity contribution in [2.75, 3.05) is 10.2 Å². The minimum absolute atomic E-state index is 0.668. The van der Waals surface area contributed by atoms with Crippen molar-refractivity contribution in [3.05, 3.63) is 106 Å². The van der Waals surface area contributed by atoms with Gasteiger partial charge in [-0.25, -0.2) is 0 Å². The van der Waals surface area contributed by atoms with Gasteiger partial charge in [0, 0.05) is 10.6 Å². The molecule has 3 aromatic carbocycles. The van der Waals surface area contributed by atoms with Gasteiger partial charge in [-0.15, -0.1) is 11.6 Å². The largest absolute Gasteiger partial charge is 0.121 e. The predicted octanol–water partition coefficient (Wildman–Crippen LogP) is 8.86. The zero-order chi connectivity index (χ0) is 19.8. The monoisotopic (exact) mass is 482 g/mol. The van der Waals surface area contributed by atoms with Crippen LogP contribution in [0.4, 0.5) is 0 Å². The zero-order valence-electron chi connectivity index (χ0n) is 15.3. The molecule has 0 spiro atoms. The van der Waals surface area contributed by atoms with E-state index in [0.717, 1.165) is 16.7 Å². The van der Waals surface area contributed by atoms with Crippen LogP contribution in [0.3, 0.4) is 0 Å². The summed E-state index contributed by atoms with van der Waals surface area (Å²) in [7, 11) is 7.67. The molecule has 0 N–H and O–H groups in total. The third-order valence-corrected chi connectivity index (χ3v) is 6.96. The fourth-order valence-corrected chi connectivity index (χ4v) is 3.41. The minimum Gasteiger partial charge on any atom is -0.103 e. The van der Waals surface area contributed by atoms with Gasteiger partial charge in [0.05, 0.1) is 10.2 Å². The van der Waals surface area contributed by atoms with Crippen LogP contribution in [0, 0.1) is 6.92 Å². The van der Waals surface area contributed by atoms with Gasteiger partial charge in [0.15, 0.2) is 0 Å². The molecule has 3 aromatic rings. The Morgan fingerprint density at radius 2 is 1.14 bits per heavy atom. The van der Waals surface area contributed by atoms with E-state index in [9.17, 15) is 0 Å². The number of hydrogen-bond acceptors (Lipinski definition) is 4. The number of alkyl halides is 1. The fourth-order valence-electron chi connectivity index (χ4n) is 2.67. The second kappa shape index (κ2) is 11.1. The molecule has 146 valence electrons.